The molecular formula is C13H14Cl3NO2. The minimum absolute atomic E-state index is 0.0794. The maximum atomic E-state index is 11.5. The minimum atomic E-state index is -2.01. The Bertz CT molecular complexity index is 429. The largest absolute Gasteiger partial charge is 0.396 e. The zero-order valence-electron chi connectivity index (χ0n) is 10.0. The van der Waals surface area contributed by atoms with Crippen molar-refractivity contribution >= 4 is 46.8 Å². The molecule has 6 heteroatoms. The van der Waals surface area contributed by atoms with E-state index in [9.17, 15) is 4.79 Å². The molecule has 0 radical (unpaired) electrons. The van der Waals surface area contributed by atoms with Crippen molar-refractivity contribution in [2.24, 2.45) is 0 Å². The summed E-state index contributed by atoms with van der Waals surface area (Å²) in [6.07, 6.45) is 3.93. The predicted octanol–water partition coefficient (Wildman–Crippen LogP) is 2.94. The standard InChI is InChI=1S/C13H14Cl3NO2/c14-13(15,16)12(19)17-11(8-9-18)7-6-10-4-2-1-3-5-10/h1-7,11,18H,8-9H2,(H,17,19)/b7-6+/t11-/m0/s1. The summed E-state index contributed by atoms with van der Waals surface area (Å²) >= 11 is 16.4. The number of hydrogen-bond acceptors (Lipinski definition) is 2. The molecule has 1 aromatic rings. The lowest BCUT2D eigenvalue weighted by molar-refractivity contribution is -0.120. The van der Waals surface area contributed by atoms with E-state index in [2.05, 4.69) is 5.32 Å². The monoisotopic (exact) mass is 321 g/mol. The molecule has 1 amide bonds. The number of nitrogens with one attached hydrogen (secondary N) is 1. The van der Waals surface area contributed by atoms with Crippen molar-refractivity contribution in [2.75, 3.05) is 6.61 Å². The van der Waals surface area contributed by atoms with Crippen LogP contribution in [0.1, 0.15) is 12.0 Å². The SMILES string of the molecule is O=C(N[C@@H](/C=C/c1ccccc1)CCO)C(Cl)(Cl)Cl. The van der Waals surface area contributed by atoms with Crippen molar-refractivity contribution in [3.8, 4) is 0 Å². The molecule has 3 nitrogen and oxygen atoms in total. The Balaban J connectivity index is 2.68. The molecule has 0 bridgehead atoms. The van der Waals surface area contributed by atoms with E-state index in [0.717, 1.165) is 5.56 Å². The highest BCUT2D eigenvalue weighted by atomic mass is 35.6. The van der Waals surface area contributed by atoms with Crippen LogP contribution in [0, 0.1) is 0 Å². The van der Waals surface area contributed by atoms with Crippen LogP contribution < -0.4 is 5.32 Å². The zero-order chi connectivity index (χ0) is 14.3. The molecule has 0 fully saturated rings. The molecule has 0 saturated carbocycles. The van der Waals surface area contributed by atoms with Gasteiger partial charge in [-0.25, -0.2) is 0 Å². The third-order valence-electron chi connectivity index (χ3n) is 2.33. The fourth-order valence-corrected chi connectivity index (χ4v) is 1.56. The lowest BCUT2D eigenvalue weighted by Gasteiger charge is -2.17. The summed E-state index contributed by atoms with van der Waals surface area (Å²) in [5.74, 6) is -0.714. The number of rotatable bonds is 5. The molecule has 1 atom stereocenters. The highest BCUT2D eigenvalue weighted by Crippen LogP contribution is 2.26. The summed E-state index contributed by atoms with van der Waals surface area (Å²) in [7, 11) is 0. The number of carbonyl (C=O) groups is 1. The molecule has 0 unspecified atom stereocenters. The average molecular weight is 323 g/mol. The summed E-state index contributed by atoms with van der Waals surface area (Å²) in [4.78, 5) is 11.5. The van der Waals surface area contributed by atoms with Crippen LogP contribution in [0.2, 0.25) is 0 Å². The van der Waals surface area contributed by atoms with E-state index in [0.29, 0.717) is 6.42 Å². The molecule has 0 heterocycles. The Labute approximate surface area is 127 Å². The van der Waals surface area contributed by atoms with Crippen LogP contribution in [0.4, 0.5) is 0 Å². The number of amides is 1. The summed E-state index contributed by atoms with van der Waals surface area (Å²) in [5, 5.41) is 11.5. The van der Waals surface area contributed by atoms with Gasteiger partial charge in [0, 0.05) is 12.6 Å². The van der Waals surface area contributed by atoms with E-state index >= 15 is 0 Å². The Morgan fingerprint density at radius 1 is 1.32 bits per heavy atom. The molecule has 0 aliphatic rings. The van der Waals surface area contributed by atoms with Crippen LogP contribution in [0.5, 0.6) is 0 Å². The van der Waals surface area contributed by atoms with E-state index < -0.39 is 15.7 Å². The second-order valence-corrected chi connectivity index (χ2v) is 6.14. The first-order valence-corrected chi connectivity index (χ1v) is 6.78. The van der Waals surface area contributed by atoms with Crippen molar-refractivity contribution in [3.63, 3.8) is 0 Å². The third kappa shape index (κ3) is 6.30. The molecule has 1 aromatic carbocycles. The average Bonchev–Trinajstić information content (AvgIpc) is 2.36. The van der Waals surface area contributed by atoms with Gasteiger partial charge in [0.25, 0.3) is 9.70 Å². The fraction of sp³-hybridized carbons (Fsp3) is 0.308. The van der Waals surface area contributed by atoms with Gasteiger partial charge in [-0.15, -0.1) is 0 Å². The van der Waals surface area contributed by atoms with E-state index in [-0.39, 0.29) is 6.61 Å². The number of carbonyl (C=O) groups excluding carboxylic acids is 1. The smallest absolute Gasteiger partial charge is 0.272 e. The van der Waals surface area contributed by atoms with Gasteiger partial charge in [0.05, 0.1) is 0 Å². The molecule has 2 N–H and O–H groups in total. The number of aliphatic hydroxyl groups is 1. The van der Waals surface area contributed by atoms with Gasteiger partial charge in [-0.2, -0.15) is 0 Å². The topological polar surface area (TPSA) is 49.3 Å². The first-order valence-electron chi connectivity index (χ1n) is 5.65. The second kappa shape index (κ2) is 7.75. The predicted molar refractivity (Wildman–Crippen MR) is 79.4 cm³/mol. The van der Waals surface area contributed by atoms with E-state index in [4.69, 9.17) is 39.9 Å². The van der Waals surface area contributed by atoms with Gasteiger partial charge in [-0.05, 0) is 12.0 Å². The Morgan fingerprint density at radius 3 is 2.47 bits per heavy atom. The quantitative estimate of drug-likeness (QED) is 0.819. The summed E-state index contributed by atoms with van der Waals surface area (Å²) in [6, 6.07) is 9.16. The van der Waals surface area contributed by atoms with Crippen LogP contribution in [0.15, 0.2) is 36.4 Å². The van der Waals surface area contributed by atoms with E-state index in [1.54, 1.807) is 6.08 Å². The number of halogens is 3. The highest BCUT2D eigenvalue weighted by molar-refractivity contribution is 6.76. The molecule has 0 aliphatic carbocycles. The summed E-state index contributed by atoms with van der Waals surface area (Å²) in [5.41, 5.74) is 0.980. The van der Waals surface area contributed by atoms with Gasteiger partial charge < -0.3 is 10.4 Å². The van der Waals surface area contributed by atoms with Crippen molar-refractivity contribution in [1.82, 2.24) is 5.32 Å². The van der Waals surface area contributed by atoms with Gasteiger partial charge in [-0.3, -0.25) is 4.79 Å². The first-order chi connectivity index (χ1) is 8.93. The van der Waals surface area contributed by atoms with Gasteiger partial charge in [-0.1, -0.05) is 77.3 Å². The molecule has 0 aliphatic heterocycles. The van der Waals surface area contributed by atoms with Gasteiger partial charge in [0.2, 0.25) is 0 Å². The van der Waals surface area contributed by atoms with Gasteiger partial charge in [0.15, 0.2) is 0 Å². The maximum Gasteiger partial charge on any atom is 0.272 e. The van der Waals surface area contributed by atoms with Crippen molar-refractivity contribution in [2.45, 2.75) is 16.3 Å². The number of benzene rings is 1. The molecule has 0 spiro atoms. The molecule has 104 valence electrons. The van der Waals surface area contributed by atoms with Crippen molar-refractivity contribution in [1.29, 1.82) is 0 Å². The van der Waals surface area contributed by atoms with Crippen LogP contribution >= 0.6 is 34.8 Å². The number of hydrogen-bond donors (Lipinski definition) is 2. The lowest BCUT2D eigenvalue weighted by atomic mass is 10.1. The number of alkyl halides is 3. The zero-order valence-corrected chi connectivity index (χ0v) is 12.3. The van der Waals surface area contributed by atoms with Crippen molar-refractivity contribution < 1.29 is 9.90 Å². The fourth-order valence-electron chi connectivity index (χ4n) is 1.40. The van der Waals surface area contributed by atoms with Crippen LogP contribution in [-0.2, 0) is 4.79 Å². The summed E-state index contributed by atoms with van der Waals surface area (Å²) < 4.78 is -2.01. The van der Waals surface area contributed by atoms with Crippen LogP contribution in [0.25, 0.3) is 6.08 Å². The van der Waals surface area contributed by atoms with E-state index in [1.807, 2.05) is 36.4 Å². The Morgan fingerprint density at radius 2 is 1.95 bits per heavy atom. The first kappa shape index (κ1) is 16.3. The lowest BCUT2D eigenvalue weighted by Crippen LogP contribution is -2.41. The Kier molecular flexibility index (Phi) is 6.66. The third-order valence-corrected chi connectivity index (χ3v) is 2.85. The molecule has 19 heavy (non-hydrogen) atoms. The van der Waals surface area contributed by atoms with Gasteiger partial charge >= 0.3 is 0 Å². The summed E-state index contributed by atoms with van der Waals surface area (Å²) in [6.45, 7) is -0.0794. The molecule has 0 saturated heterocycles. The molecular weight excluding hydrogens is 309 g/mol. The van der Waals surface area contributed by atoms with Crippen LogP contribution in [-0.4, -0.2) is 27.5 Å². The molecule has 0 aromatic heterocycles. The van der Waals surface area contributed by atoms with Crippen molar-refractivity contribution in [3.05, 3.63) is 42.0 Å². The van der Waals surface area contributed by atoms with E-state index in [1.165, 1.54) is 0 Å². The number of aliphatic hydroxyl groups excluding tert-OH is 1. The van der Waals surface area contributed by atoms with Gasteiger partial charge in [0.1, 0.15) is 0 Å². The molecule has 1 rings (SSSR count). The minimum Gasteiger partial charge on any atom is -0.396 e. The maximum absolute atomic E-state index is 11.5. The van der Waals surface area contributed by atoms with Crippen LogP contribution in [0.3, 0.4) is 0 Å². The second-order valence-electron chi connectivity index (χ2n) is 3.86. The normalized spacial score (nSPS) is 13.5. The highest BCUT2D eigenvalue weighted by Gasteiger charge is 2.31. The Hall–Kier alpha value is -0.740.